The first-order valence-corrected chi connectivity index (χ1v) is 10.6. The fourth-order valence-electron chi connectivity index (χ4n) is 3.18. The fraction of sp³-hybridized carbons (Fsp3) is 0.400. The van der Waals surface area contributed by atoms with Gasteiger partial charge in [-0.25, -0.2) is 4.98 Å². The molecule has 0 fully saturated rings. The van der Waals surface area contributed by atoms with Gasteiger partial charge in [0.1, 0.15) is 22.6 Å². The van der Waals surface area contributed by atoms with Crippen LogP contribution in [0.15, 0.2) is 35.6 Å². The van der Waals surface area contributed by atoms with E-state index in [1.807, 2.05) is 31.5 Å². The number of ether oxygens (including phenoxy) is 2. The third-order valence-electron chi connectivity index (χ3n) is 4.39. The van der Waals surface area contributed by atoms with E-state index in [4.69, 9.17) is 26.1 Å². The summed E-state index contributed by atoms with van der Waals surface area (Å²) in [6, 6.07) is 5.59. The fourth-order valence-corrected chi connectivity index (χ4v) is 4.06. The number of imidazole rings is 1. The SMILES string of the molecule is CCCC(OCC)c1c(SC)nc2c(-c3ccc(OC)cc3Cl)nccn12. The van der Waals surface area contributed by atoms with Crippen molar-refractivity contribution in [1.29, 1.82) is 0 Å². The Kier molecular flexibility index (Phi) is 6.63. The molecule has 3 rings (SSSR count). The van der Waals surface area contributed by atoms with Gasteiger partial charge in [-0.1, -0.05) is 24.9 Å². The Hall–Kier alpha value is -1.76. The zero-order valence-corrected chi connectivity index (χ0v) is 17.6. The number of aromatic nitrogens is 3. The van der Waals surface area contributed by atoms with Crippen LogP contribution in [0.3, 0.4) is 0 Å². The van der Waals surface area contributed by atoms with Crippen LogP contribution >= 0.6 is 23.4 Å². The van der Waals surface area contributed by atoms with Gasteiger partial charge in [0, 0.05) is 24.6 Å². The van der Waals surface area contributed by atoms with Crippen LogP contribution in [0.1, 0.15) is 38.5 Å². The molecule has 2 heterocycles. The van der Waals surface area contributed by atoms with Crippen LogP contribution in [0.2, 0.25) is 5.02 Å². The number of halogens is 1. The zero-order chi connectivity index (χ0) is 19.4. The summed E-state index contributed by atoms with van der Waals surface area (Å²) < 4.78 is 13.4. The van der Waals surface area contributed by atoms with Gasteiger partial charge in [-0.15, -0.1) is 11.8 Å². The van der Waals surface area contributed by atoms with Gasteiger partial charge < -0.3 is 9.47 Å². The summed E-state index contributed by atoms with van der Waals surface area (Å²) in [4.78, 5) is 9.44. The molecule has 0 bridgehead atoms. The number of nitrogens with zero attached hydrogens (tertiary/aromatic N) is 3. The highest BCUT2D eigenvalue weighted by molar-refractivity contribution is 7.98. The monoisotopic (exact) mass is 405 g/mol. The zero-order valence-electron chi connectivity index (χ0n) is 16.0. The molecule has 0 radical (unpaired) electrons. The Labute approximate surface area is 169 Å². The van der Waals surface area contributed by atoms with Gasteiger partial charge in [-0.05, 0) is 37.8 Å². The summed E-state index contributed by atoms with van der Waals surface area (Å²) in [6.45, 7) is 4.85. The Morgan fingerprint density at radius 2 is 2.11 bits per heavy atom. The molecular formula is C20H24ClN3O2S. The van der Waals surface area contributed by atoms with Gasteiger partial charge >= 0.3 is 0 Å². The largest absolute Gasteiger partial charge is 0.497 e. The van der Waals surface area contributed by atoms with E-state index in [9.17, 15) is 0 Å². The first kappa shape index (κ1) is 20.0. The van der Waals surface area contributed by atoms with Crippen molar-refractivity contribution in [2.75, 3.05) is 20.0 Å². The number of fused-ring (bicyclic) bond motifs is 1. The van der Waals surface area contributed by atoms with Crippen LogP contribution in [0.5, 0.6) is 5.75 Å². The van der Waals surface area contributed by atoms with Crippen molar-refractivity contribution in [2.24, 2.45) is 0 Å². The minimum Gasteiger partial charge on any atom is -0.497 e. The van der Waals surface area contributed by atoms with Gasteiger partial charge in [-0.2, -0.15) is 0 Å². The summed E-state index contributed by atoms with van der Waals surface area (Å²) in [6.07, 6.45) is 7.74. The van der Waals surface area contributed by atoms with E-state index in [2.05, 4.69) is 16.3 Å². The second kappa shape index (κ2) is 8.95. The Balaban J connectivity index is 2.20. The maximum absolute atomic E-state index is 6.50. The predicted molar refractivity (Wildman–Crippen MR) is 111 cm³/mol. The molecule has 0 N–H and O–H groups in total. The van der Waals surface area contributed by atoms with E-state index in [-0.39, 0.29) is 6.10 Å². The van der Waals surface area contributed by atoms with Crippen molar-refractivity contribution in [3.8, 4) is 17.0 Å². The lowest BCUT2D eigenvalue weighted by atomic mass is 10.1. The third kappa shape index (κ3) is 3.93. The number of hydrogen-bond acceptors (Lipinski definition) is 5. The second-order valence-corrected chi connectivity index (χ2v) is 7.26. The van der Waals surface area contributed by atoms with Gasteiger partial charge in [0.15, 0.2) is 5.65 Å². The average Bonchev–Trinajstić information content (AvgIpc) is 3.06. The number of methoxy groups -OCH3 is 1. The molecule has 144 valence electrons. The van der Waals surface area contributed by atoms with Crippen molar-refractivity contribution >= 4 is 29.0 Å². The lowest BCUT2D eigenvalue weighted by Crippen LogP contribution is -2.08. The normalized spacial score (nSPS) is 12.5. The molecule has 0 aliphatic carbocycles. The maximum atomic E-state index is 6.50. The molecule has 0 saturated heterocycles. The second-order valence-electron chi connectivity index (χ2n) is 6.05. The highest BCUT2D eigenvalue weighted by atomic mass is 35.5. The maximum Gasteiger partial charge on any atom is 0.165 e. The van der Waals surface area contributed by atoms with E-state index in [0.717, 1.165) is 40.5 Å². The minimum atomic E-state index is -0.000890. The molecule has 0 spiro atoms. The molecule has 0 aliphatic heterocycles. The first-order chi connectivity index (χ1) is 13.1. The molecule has 7 heteroatoms. The predicted octanol–water partition coefficient (Wildman–Crippen LogP) is 5.66. The summed E-state index contributed by atoms with van der Waals surface area (Å²) >= 11 is 8.12. The lowest BCUT2D eigenvalue weighted by Gasteiger charge is -2.17. The summed E-state index contributed by atoms with van der Waals surface area (Å²) in [5.74, 6) is 0.712. The minimum absolute atomic E-state index is 0.000890. The van der Waals surface area contributed by atoms with Crippen molar-refractivity contribution in [2.45, 2.75) is 37.8 Å². The molecule has 3 aromatic rings. The number of rotatable bonds is 8. The topological polar surface area (TPSA) is 48.7 Å². The Morgan fingerprint density at radius 3 is 2.74 bits per heavy atom. The van der Waals surface area contributed by atoms with Gasteiger partial charge in [0.2, 0.25) is 0 Å². The summed E-state index contributed by atoms with van der Waals surface area (Å²) in [7, 11) is 1.62. The smallest absolute Gasteiger partial charge is 0.165 e. The standard InChI is InChI=1S/C20H24ClN3O2S/c1-5-7-16(26-6-2)18-20(27-4)23-19-17(22-10-11-24(18)19)14-9-8-13(25-3)12-15(14)21/h8-12,16H,5-7H2,1-4H3. The quantitative estimate of drug-likeness (QED) is 0.452. The van der Waals surface area contributed by atoms with Crippen molar-refractivity contribution in [3.05, 3.63) is 41.3 Å². The Bertz CT molecular complexity index is 923. The molecule has 1 atom stereocenters. The molecule has 1 unspecified atom stereocenters. The molecule has 1 aromatic carbocycles. The molecule has 5 nitrogen and oxygen atoms in total. The molecule has 2 aromatic heterocycles. The number of hydrogen-bond donors (Lipinski definition) is 0. The van der Waals surface area contributed by atoms with Crippen LogP contribution in [0.25, 0.3) is 16.9 Å². The van der Waals surface area contributed by atoms with Crippen LogP contribution in [0.4, 0.5) is 0 Å². The van der Waals surface area contributed by atoms with Crippen LogP contribution in [-0.2, 0) is 4.74 Å². The molecule has 0 amide bonds. The Morgan fingerprint density at radius 1 is 1.30 bits per heavy atom. The molecule has 0 aliphatic rings. The van der Waals surface area contributed by atoms with Crippen LogP contribution in [-0.4, -0.2) is 34.3 Å². The van der Waals surface area contributed by atoms with Crippen molar-refractivity contribution in [3.63, 3.8) is 0 Å². The molecular weight excluding hydrogens is 382 g/mol. The average molecular weight is 406 g/mol. The summed E-state index contributed by atoms with van der Waals surface area (Å²) in [5, 5.41) is 1.54. The third-order valence-corrected chi connectivity index (χ3v) is 5.39. The molecule has 27 heavy (non-hydrogen) atoms. The van der Waals surface area contributed by atoms with Gasteiger partial charge in [-0.3, -0.25) is 9.38 Å². The lowest BCUT2D eigenvalue weighted by molar-refractivity contribution is 0.0501. The molecule has 0 saturated carbocycles. The van der Waals surface area contributed by atoms with Gasteiger partial charge in [0.25, 0.3) is 0 Å². The summed E-state index contributed by atoms with van der Waals surface area (Å²) in [5.41, 5.74) is 3.44. The van der Waals surface area contributed by atoms with E-state index < -0.39 is 0 Å². The van der Waals surface area contributed by atoms with E-state index >= 15 is 0 Å². The van der Waals surface area contributed by atoms with Gasteiger partial charge in [0.05, 0.1) is 17.8 Å². The van der Waals surface area contributed by atoms with E-state index in [1.54, 1.807) is 31.1 Å². The van der Waals surface area contributed by atoms with E-state index in [0.29, 0.717) is 17.4 Å². The highest BCUT2D eigenvalue weighted by Crippen LogP contribution is 2.36. The van der Waals surface area contributed by atoms with E-state index in [1.165, 1.54) is 0 Å². The van der Waals surface area contributed by atoms with Crippen LogP contribution < -0.4 is 4.74 Å². The first-order valence-electron chi connectivity index (χ1n) is 9.01. The van der Waals surface area contributed by atoms with Crippen LogP contribution in [0, 0.1) is 0 Å². The van der Waals surface area contributed by atoms with Crippen molar-refractivity contribution < 1.29 is 9.47 Å². The number of benzene rings is 1. The van der Waals surface area contributed by atoms with Crippen molar-refractivity contribution in [1.82, 2.24) is 14.4 Å². The highest BCUT2D eigenvalue weighted by Gasteiger charge is 2.23. The number of thioether (sulfide) groups is 1.